The van der Waals surface area contributed by atoms with Crippen molar-refractivity contribution in [2.24, 2.45) is 0 Å². The molecule has 0 saturated heterocycles. The van der Waals surface area contributed by atoms with Crippen LogP contribution in [-0.2, 0) is 11.0 Å². The molecule has 1 heterocycles. The molecule has 0 unspecified atom stereocenters. The first kappa shape index (κ1) is 15.3. The molecule has 0 amide bonds. The minimum Gasteiger partial charge on any atom is -0.503 e. The van der Waals surface area contributed by atoms with E-state index in [1.54, 1.807) is 0 Å². The highest BCUT2D eigenvalue weighted by atomic mass is 16.3. The van der Waals surface area contributed by atoms with Crippen molar-refractivity contribution in [2.75, 3.05) is 0 Å². The fourth-order valence-electron chi connectivity index (χ4n) is 2.30. The van der Waals surface area contributed by atoms with E-state index >= 15 is 0 Å². The van der Waals surface area contributed by atoms with Gasteiger partial charge in [0, 0.05) is 5.41 Å². The lowest BCUT2D eigenvalue weighted by Gasteiger charge is -2.21. The molecule has 0 fully saturated rings. The minimum absolute atomic E-state index is 0.0968. The molecule has 0 radical (unpaired) electrons. The Labute approximate surface area is 121 Å². The predicted octanol–water partition coefficient (Wildman–Crippen LogP) is 1.20. The lowest BCUT2D eigenvalue weighted by atomic mass is 9.86. The van der Waals surface area contributed by atoms with Gasteiger partial charge in [0.05, 0.1) is 22.4 Å². The molecule has 2 N–H and O–H groups in total. The number of nitrogens with zero attached hydrogens (tertiary/aromatic N) is 1. The maximum atomic E-state index is 12.6. The molecule has 2 rings (SSSR count). The van der Waals surface area contributed by atoms with Gasteiger partial charge in [-0.15, -0.1) is 0 Å². The van der Waals surface area contributed by atoms with Gasteiger partial charge >= 0.3 is 0 Å². The fourth-order valence-corrected chi connectivity index (χ4v) is 2.30. The maximum Gasteiger partial charge on any atom is 0.275 e. The van der Waals surface area contributed by atoms with Crippen LogP contribution in [0.2, 0.25) is 0 Å². The van der Waals surface area contributed by atoms with Gasteiger partial charge < -0.3 is 5.11 Å². The molecule has 2 aromatic rings. The number of aromatic nitrogens is 2. The molecule has 0 saturated carbocycles. The third kappa shape index (κ3) is 2.14. The molecule has 114 valence electrons. The zero-order chi connectivity index (χ0) is 16.3. The van der Waals surface area contributed by atoms with Gasteiger partial charge in [-0.05, 0) is 20.8 Å². The molecule has 1 aromatic carbocycles. The number of rotatable bonds is 1. The van der Waals surface area contributed by atoms with Crippen molar-refractivity contribution >= 4 is 0 Å². The number of H-pyrrole nitrogens is 1. The van der Waals surface area contributed by atoms with Crippen LogP contribution in [-0.4, -0.2) is 14.9 Å². The molecule has 0 aliphatic carbocycles. The van der Waals surface area contributed by atoms with E-state index in [2.05, 4.69) is 5.10 Å². The van der Waals surface area contributed by atoms with Crippen molar-refractivity contribution in [3.63, 3.8) is 0 Å². The Morgan fingerprint density at radius 3 is 1.81 bits per heavy atom. The summed E-state index contributed by atoms with van der Waals surface area (Å²) < 4.78 is 1.42. The highest BCUT2D eigenvalue weighted by Gasteiger charge is 2.34. The average Bonchev–Trinajstić information content (AvgIpc) is 2.66. The quantitative estimate of drug-likeness (QED) is 0.772. The second-order valence-electron chi connectivity index (χ2n) is 7.31. The van der Waals surface area contributed by atoms with Gasteiger partial charge in [0.25, 0.3) is 11.0 Å². The van der Waals surface area contributed by atoms with E-state index in [1.165, 1.54) is 4.68 Å². The minimum atomic E-state index is -0.937. The molecule has 21 heavy (non-hydrogen) atoms. The Morgan fingerprint density at radius 1 is 0.905 bits per heavy atom. The average molecular weight is 292 g/mol. The zero-order valence-corrected chi connectivity index (χ0v) is 13.1. The summed E-state index contributed by atoms with van der Waals surface area (Å²) in [6.07, 6.45) is 0. The molecular weight excluding hydrogens is 272 g/mol. The van der Waals surface area contributed by atoms with Crippen molar-refractivity contribution in [2.45, 2.75) is 52.5 Å². The zero-order valence-electron chi connectivity index (χ0n) is 13.1. The molecule has 0 bridgehead atoms. The largest absolute Gasteiger partial charge is 0.503 e. The van der Waals surface area contributed by atoms with Crippen molar-refractivity contribution in [1.29, 1.82) is 0 Å². The van der Waals surface area contributed by atoms with Crippen LogP contribution >= 0.6 is 0 Å². The van der Waals surface area contributed by atoms with E-state index in [4.69, 9.17) is 0 Å². The summed E-state index contributed by atoms with van der Waals surface area (Å²) in [4.78, 5) is 35.6. The monoisotopic (exact) mass is 292 g/mol. The summed E-state index contributed by atoms with van der Waals surface area (Å²) in [6.45, 7) is 11.2. The SMILES string of the molecule is CC(C)(C)c1[nH]n(C(C)(C)C)c(=O)c1-c1c(O)c(=O)c1=O. The summed E-state index contributed by atoms with van der Waals surface area (Å²) in [6, 6.07) is 0. The summed E-state index contributed by atoms with van der Waals surface area (Å²) in [7, 11) is 0. The summed E-state index contributed by atoms with van der Waals surface area (Å²) in [5.74, 6) is -0.623. The standard InChI is InChI=1S/C15H20N2O4/c1-14(2,3)12-8(7-9(18)11(20)10(7)19)13(21)17(16-12)15(4,5)6/h16,18H,1-6H3. The summed E-state index contributed by atoms with van der Waals surface area (Å²) >= 11 is 0. The maximum absolute atomic E-state index is 12.6. The van der Waals surface area contributed by atoms with Crippen molar-refractivity contribution < 1.29 is 5.11 Å². The van der Waals surface area contributed by atoms with Gasteiger partial charge in [-0.25, -0.2) is 4.68 Å². The van der Waals surface area contributed by atoms with Crippen LogP contribution in [0.25, 0.3) is 11.1 Å². The Hall–Kier alpha value is -2.11. The van der Waals surface area contributed by atoms with Gasteiger partial charge in [-0.2, -0.15) is 0 Å². The number of hydrogen-bond donors (Lipinski definition) is 2. The van der Waals surface area contributed by atoms with Crippen LogP contribution in [0.5, 0.6) is 5.75 Å². The Balaban J connectivity index is 2.90. The smallest absolute Gasteiger partial charge is 0.275 e. The second kappa shape index (κ2) is 4.19. The van der Waals surface area contributed by atoms with E-state index in [-0.39, 0.29) is 11.1 Å². The van der Waals surface area contributed by atoms with Gasteiger partial charge in [-0.3, -0.25) is 19.5 Å². The Morgan fingerprint density at radius 2 is 1.43 bits per heavy atom. The first-order valence-electron chi connectivity index (χ1n) is 6.76. The van der Waals surface area contributed by atoms with Crippen molar-refractivity contribution in [1.82, 2.24) is 9.78 Å². The van der Waals surface area contributed by atoms with E-state index in [0.717, 1.165) is 0 Å². The van der Waals surface area contributed by atoms with Gasteiger partial charge in [-0.1, -0.05) is 20.8 Å². The van der Waals surface area contributed by atoms with Crippen LogP contribution < -0.4 is 16.4 Å². The van der Waals surface area contributed by atoms with Crippen LogP contribution in [0.3, 0.4) is 0 Å². The fraction of sp³-hybridized carbons (Fsp3) is 0.533. The molecule has 6 heteroatoms. The van der Waals surface area contributed by atoms with E-state index in [1.807, 2.05) is 41.5 Å². The Bertz CT molecular complexity index is 831. The first-order valence-corrected chi connectivity index (χ1v) is 6.76. The van der Waals surface area contributed by atoms with E-state index in [0.29, 0.717) is 5.69 Å². The molecule has 0 atom stereocenters. The number of hydrogen-bond acceptors (Lipinski definition) is 4. The molecule has 1 aromatic heterocycles. The lowest BCUT2D eigenvalue weighted by Crippen LogP contribution is -2.36. The molecule has 0 aliphatic rings. The summed E-state index contributed by atoms with van der Waals surface area (Å²) in [5.41, 5.74) is -2.66. The third-order valence-electron chi connectivity index (χ3n) is 3.45. The van der Waals surface area contributed by atoms with Crippen LogP contribution in [0.4, 0.5) is 0 Å². The molecule has 0 spiro atoms. The van der Waals surface area contributed by atoms with Gasteiger partial charge in [0.1, 0.15) is 0 Å². The highest BCUT2D eigenvalue weighted by Crippen LogP contribution is 2.32. The highest BCUT2D eigenvalue weighted by molar-refractivity contribution is 5.75. The topological polar surface area (TPSA) is 92.2 Å². The van der Waals surface area contributed by atoms with E-state index < -0.39 is 33.1 Å². The van der Waals surface area contributed by atoms with Crippen molar-refractivity contribution in [3.8, 4) is 16.9 Å². The van der Waals surface area contributed by atoms with E-state index in [9.17, 15) is 19.5 Å². The Kier molecular flexibility index (Phi) is 3.05. The van der Waals surface area contributed by atoms with Crippen molar-refractivity contribution in [3.05, 3.63) is 36.5 Å². The predicted molar refractivity (Wildman–Crippen MR) is 80.8 cm³/mol. The third-order valence-corrected chi connectivity index (χ3v) is 3.45. The lowest BCUT2D eigenvalue weighted by molar-refractivity contribution is 0.339. The van der Waals surface area contributed by atoms with Crippen LogP contribution in [0.1, 0.15) is 47.2 Å². The first-order chi connectivity index (χ1) is 9.37. The van der Waals surface area contributed by atoms with Gasteiger partial charge in [0.15, 0.2) is 5.75 Å². The molecule has 6 nitrogen and oxygen atoms in total. The molecular formula is C15H20N2O4. The van der Waals surface area contributed by atoms with Crippen LogP contribution in [0, 0.1) is 0 Å². The molecule has 0 aliphatic heterocycles. The summed E-state index contributed by atoms with van der Waals surface area (Å²) in [5, 5.41) is 12.7. The van der Waals surface area contributed by atoms with Gasteiger partial charge in [0.2, 0.25) is 5.43 Å². The number of nitrogens with one attached hydrogen (secondary N) is 1. The van der Waals surface area contributed by atoms with Crippen LogP contribution in [0.15, 0.2) is 14.4 Å². The number of aromatic amines is 1. The second-order valence-corrected chi connectivity index (χ2v) is 7.31. The normalized spacial score (nSPS) is 13.0. The number of aromatic hydroxyl groups is 1.